The number of benzene rings is 1. The predicted octanol–water partition coefficient (Wildman–Crippen LogP) is 5.02. The Morgan fingerprint density at radius 1 is 0.854 bits per heavy atom. The van der Waals surface area contributed by atoms with Crippen LogP contribution in [0.5, 0.6) is 0 Å². The molecule has 2 aromatic rings. The third-order valence-electron chi connectivity index (χ3n) is 10.0. The molecule has 3 aliphatic rings. The van der Waals surface area contributed by atoms with Crippen molar-refractivity contribution in [3.63, 3.8) is 0 Å². The molecule has 0 unspecified atom stereocenters. The van der Waals surface area contributed by atoms with Crippen LogP contribution in [0.2, 0.25) is 0 Å². The highest BCUT2D eigenvalue weighted by atomic mass is 16.2. The first kappa shape index (κ1) is 29.7. The molecular formula is C33H50N6O2. The molecule has 1 atom stereocenters. The van der Waals surface area contributed by atoms with Crippen molar-refractivity contribution in [2.45, 2.75) is 90.5 Å². The van der Waals surface area contributed by atoms with Crippen LogP contribution in [0.3, 0.4) is 0 Å². The van der Waals surface area contributed by atoms with Crippen molar-refractivity contribution in [3.05, 3.63) is 47.5 Å². The van der Waals surface area contributed by atoms with Gasteiger partial charge in [0.1, 0.15) is 11.6 Å². The second-order valence-corrected chi connectivity index (χ2v) is 13.0. The van der Waals surface area contributed by atoms with Gasteiger partial charge in [0.25, 0.3) is 0 Å². The van der Waals surface area contributed by atoms with Gasteiger partial charge in [0.05, 0.1) is 0 Å². The van der Waals surface area contributed by atoms with Gasteiger partial charge in [-0.15, -0.1) is 10.2 Å². The van der Waals surface area contributed by atoms with E-state index in [2.05, 4.69) is 75.7 Å². The number of piperidine rings is 3. The summed E-state index contributed by atoms with van der Waals surface area (Å²) in [5.41, 5.74) is 1.45. The van der Waals surface area contributed by atoms with Crippen molar-refractivity contribution in [1.82, 2.24) is 29.5 Å². The van der Waals surface area contributed by atoms with Crippen molar-refractivity contribution < 1.29 is 9.59 Å². The first-order chi connectivity index (χ1) is 19.8. The maximum absolute atomic E-state index is 13.3. The molecule has 3 aliphatic heterocycles. The Balaban J connectivity index is 1.14. The Kier molecular flexibility index (Phi) is 9.79. The van der Waals surface area contributed by atoms with E-state index in [9.17, 15) is 9.59 Å². The van der Waals surface area contributed by atoms with Gasteiger partial charge in [-0.1, -0.05) is 44.2 Å². The Labute approximate surface area is 246 Å². The highest BCUT2D eigenvalue weighted by Crippen LogP contribution is 2.37. The maximum atomic E-state index is 13.3. The zero-order valence-corrected chi connectivity index (χ0v) is 25.7. The molecule has 0 N–H and O–H groups in total. The Morgan fingerprint density at radius 2 is 1.49 bits per heavy atom. The standard InChI is InChI=1S/C33H50N6O2/c1-24(2)32-35-34-25(3)39(32)30-14-17-36(18-15-30)19-16-31(27-8-6-5-7-9-27)28-10-22-38(23-11-28)33(41)29-12-20-37(21-13-29)26(4)40/h5-9,24,28-31H,10-23H2,1-4H3/t31-/m0/s1. The summed E-state index contributed by atoms with van der Waals surface area (Å²) in [6, 6.07) is 11.6. The SMILES string of the molecule is CC(=O)N1CCC(C(=O)N2CCC([C@@H](CCN3CCC(n4c(C)nnc4C(C)C)CC3)c3ccccc3)CC2)CC1. The molecule has 8 nitrogen and oxygen atoms in total. The molecule has 0 aliphatic carbocycles. The summed E-state index contributed by atoms with van der Waals surface area (Å²) < 4.78 is 2.40. The van der Waals surface area contributed by atoms with Gasteiger partial charge in [-0.2, -0.15) is 0 Å². The quantitative estimate of drug-likeness (QED) is 0.452. The molecule has 1 aromatic heterocycles. The number of aromatic nitrogens is 3. The lowest BCUT2D eigenvalue weighted by Crippen LogP contribution is -2.46. The molecule has 5 rings (SSSR count). The highest BCUT2D eigenvalue weighted by Gasteiger charge is 2.34. The average molecular weight is 563 g/mol. The lowest BCUT2D eigenvalue weighted by Gasteiger charge is -2.40. The number of carbonyl (C=O) groups is 2. The number of hydrogen-bond acceptors (Lipinski definition) is 5. The molecule has 1 aromatic carbocycles. The lowest BCUT2D eigenvalue weighted by atomic mass is 9.77. The van der Waals surface area contributed by atoms with Gasteiger partial charge in [-0.25, -0.2) is 0 Å². The molecule has 0 spiro atoms. The van der Waals surface area contributed by atoms with Gasteiger partial charge in [0.2, 0.25) is 11.8 Å². The van der Waals surface area contributed by atoms with Crippen molar-refractivity contribution in [2.75, 3.05) is 45.8 Å². The van der Waals surface area contributed by atoms with Crippen LogP contribution in [0.1, 0.15) is 101 Å². The predicted molar refractivity (Wildman–Crippen MR) is 162 cm³/mol. The summed E-state index contributed by atoms with van der Waals surface area (Å²) in [5, 5.41) is 8.86. The zero-order valence-electron chi connectivity index (χ0n) is 25.7. The monoisotopic (exact) mass is 562 g/mol. The van der Waals surface area contributed by atoms with Crippen LogP contribution in [0.15, 0.2) is 30.3 Å². The Morgan fingerprint density at radius 3 is 2.10 bits per heavy atom. The number of aryl methyl sites for hydroxylation is 1. The average Bonchev–Trinajstić information content (AvgIpc) is 3.39. The molecule has 2 amide bonds. The van der Waals surface area contributed by atoms with Crippen molar-refractivity contribution in [2.24, 2.45) is 11.8 Å². The van der Waals surface area contributed by atoms with Crippen LogP contribution in [0.25, 0.3) is 0 Å². The Bertz CT molecular complexity index is 1140. The number of carbonyl (C=O) groups excluding carboxylic acids is 2. The van der Waals surface area contributed by atoms with Crippen molar-refractivity contribution >= 4 is 11.8 Å². The third-order valence-corrected chi connectivity index (χ3v) is 10.0. The van der Waals surface area contributed by atoms with E-state index in [0.717, 1.165) is 82.9 Å². The van der Waals surface area contributed by atoms with Crippen LogP contribution in [0, 0.1) is 18.8 Å². The molecule has 41 heavy (non-hydrogen) atoms. The summed E-state index contributed by atoms with van der Waals surface area (Å²) in [6.07, 6.45) is 7.23. The second-order valence-electron chi connectivity index (χ2n) is 13.0. The fraction of sp³-hybridized carbons (Fsp3) is 0.697. The van der Waals surface area contributed by atoms with Gasteiger partial charge in [-0.3, -0.25) is 9.59 Å². The number of likely N-dealkylation sites (tertiary alicyclic amines) is 3. The van der Waals surface area contributed by atoms with Crippen LogP contribution >= 0.6 is 0 Å². The van der Waals surface area contributed by atoms with E-state index in [0.29, 0.717) is 42.8 Å². The minimum atomic E-state index is 0.0773. The number of rotatable bonds is 8. The second kappa shape index (κ2) is 13.5. The molecule has 0 bridgehead atoms. The molecule has 224 valence electrons. The van der Waals surface area contributed by atoms with Gasteiger partial charge in [0.15, 0.2) is 0 Å². The smallest absolute Gasteiger partial charge is 0.225 e. The number of nitrogens with zero attached hydrogens (tertiary/aromatic N) is 6. The summed E-state index contributed by atoms with van der Waals surface area (Å²) in [4.78, 5) is 31.6. The van der Waals surface area contributed by atoms with E-state index >= 15 is 0 Å². The summed E-state index contributed by atoms with van der Waals surface area (Å²) in [5.74, 6) is 4.20. The zero-order chi connectivity index (χ0) is 28.9. The maximum Gasteiger partial charge on any atom is 0.225 e. The molecular weight excluding hydrogens is 512 g/mol. The highest BCUT2D eigenvalue weighted by molar-refractivity contribution is 5.79. The van der Waals surface area contributed by atoms with Gasteiger partial charge >= 0.3 is 0 Å². The van der Waals surface area contributed by atoms with E-state index in [4.69, 9.17) is 0 Å². The minimum Gasteiger partial charge on any atom is -0.343 e. The van der Waals surface area contributed by atoms with Crippen LogP contribution < -0.4 is 0 Å². The molecule has 4 heterocycles. The van der Waals surface area contributed by atoms with Crippen molar-refractivity contribution in [1.29, 1.82) is 0 Å². The fourth-order valence-electron chi connectivity index (χ4n) is 7.55. The number of hydrogen-bond donors (Lipinski definition) is 0. The molecule has 3 saturated heterocycles. The first-order valence-electron chi connectivity index (χ1n) is 16.0. The van der Waals surface area contributed by atoms with E-state index < -0.39 is 0 Å². The van der Waals surface area contributed by atoms with Gasteiger partial charge < -0.3 is 19.3 Å². The topological polar surface area (TPSA) is 74.6 Å². The fourth-order valence-corrected chi connectivity index (χ4v) is 7.55. The van der Waals surface area contributed by atoms with Gasteiger partial charge in [0, 0.05) is 64.1 Å². The summed E-state index contributed by atoms with van der Waals surface area (Å²) in [7, 11) is 0. The van der Waals surface area contributed by atoms with Crippen LogP contribution in [0.4, 0.5) is 0 Å². The molecule has 8 heteroatoms. The normalized spacial score (nSPS) is 21.0. The van der Waals surface area contributed by atoms with E-state index in [-0.39, 0.29) is 11.8 Å². The van der Waals surface area contributed by atoms with Gasteiger partial charge in [-0.05, 0) is 75.8 Å². The third kappa shape index (κ3) is 7.02. The largest absolute Gasteiger partial charge is 0.343 e. The number of amides is 2. The summed E-state index contributed by atoms with van der Waals surface area (Å²) >= 11 is 0. The van der Waals surface area contributed by atoms with Crippen molar-refractivity contribution in [3.8, 4) is 0 Å². The first-order valence-corrected chi connectivity index (χ1v) is 16.0. The Hall–Kier alpha value is -2.74. The molecule has 0 saturated carbocycles. The van der Waals surface area contributed by atoms with Crippen LogP contribution in [-0.2, 0) is 9.59 Å². The molecule has 0 radical (unpaired) electrons. The van der Waals surface area contributed by atoms with Crippen LogP contribution in [-0.4, -0.2) is 87.1 Å². The summed E-state index contributed by atoms with van der Waals surface area (Å²) in [6.45, 7) is 14.7. The van der Waals surface area contributed by atoms with E-state index in [1.54, 1.807) is 6.92 Å². The minimum absolute atomic E-state index is 0.0773. The molecule has 3 fully saturated rings. The lowest BCUT2D eigenvalue weighted by molar-refractivity contribution is -0.141. The van der Waals surface area contributed by atoms with E-state index in [1.807, 2.05) is 4.90 Å². The van der Waals surface area contributed by atoms with E-state index in [1.165, 1.54) is 12.0 Å².